The van der Waals surface area contributed by atoms with Gasteiger partial charge in [-0.1, -0.05) is 34.8 Å². The smallest absolute Gasteiger partial charge is 0.317 e. The van der Waals surface area contributed by atoms with Gasteiger partial charge in [0.1, 0.15) is 5.52 Å². The minimum Gasteiger partial charge on any atom is -0.369 e. The number of rotatable bonds is 6. The minimum absolute atomic E-state index is 0.0131. The van der Waals surface area contributed by atoms with Crippen molar-refractivity contribution in [3.05, 3.63) is 33.4 Å². The Kier molecular flexibility index (Phi) is 8.20. The van der Waals surface area contributed by atoms with Crippen molar-refractivity contribution in [2.75, 3.05) is 30.8 Å². The number of nitrogens with zero attached hydrogens (tertiary/aromatic N) is 5. The summed E-state index contributed by atoms with van der Waals surface area (Å²) in [5.74, 6) is 0.545. The largest absolute Gasteiger partial charge is 0.369 e. The van der Waals surface area contributed by atoms with Gasteiger partial charge in [-0.05, 0) is 50.7 Å². The van der Waals surface area contributed by atoms with Crippen LogP contribution in [0.4, 0.5) is 22.4 Å². The number of aromatic nitrogens is 4. The number of carbonyl (C=O) groups is 2. The predicted octanol–water partition coefficient (Wildman–Crippen LogP) is 4.96. The molecule has 11 nitrogen and oxygen atoms in total. The Morgan fingerprint density at radius 1 is 1.05 bits per heavy atom. The number of imidazole rings is 1. The number of fused-ring (bicyclic) bond motifs is 1. The number of hydrogen-bond donors (Lipinski definition) is 4. The van der Waals surface area contributed by atoms with Gasteiger partial charge in [-0.2, -0.15) is 4.98 Å². The number of anilines is 3. The number of primary amides is 1. The van der Waals surface area contributed by atoms with Crippen LogP contribution in [0.1, 0.15) is 44.6 Å². The Hall–Kier alpha value is -3.02. The van der Waals surface area contributed by atoms with Crippen molar-refractivity contribution in [2.45, 2.75) is 50.6 Å². The summed E-state index contributed by atoms with van der Waals surface area (Å²) in [6.07, 6.45) is 6.26. The summed E-state index contributed by atoms with van der Waals surface area (Å²) in [6, 6.07) is 3.14. The molecule has 3 heterocycles. The average Bonchev–Trinajstić information content (AvgIpc) is 3.27. The Bertz CT molecular complexity index is 1370. The van der Waals surface area contributed by atoms with Gasteiger partial charge in [0.2, 0.25) is 17.8 Å². The molecule has 1 atom stereocenters. The van der Waals surface area contributed by atoms with Crippen LogP contribution in [0.15, 0.2) is 18.3 Å². The molecule has 5 rings (SSSR count). The van der Waals surface area contributed by atoms with E-state index in [0.717, 1.165) is 25.7 Å². The molecule has 14 heteroatoms. The fraction of sp³-hybridized carbons (Fsp3) is 0.480. The highest BCUT2D eigenvalue weighted by Gasteiger charge is 2.30. The molecule has 208 valence electrons. The summed E-state index contributed by atoms with van der Waals surface area (Å²) in [5.41, 5.74) is 7.29. The maximum atomic E-state index is 12.1. The molecular formula is C25H30Cl3N9O2. The number of carbonyl (C=O) groups excluding carboxylic acids is 2. The van der Waals surface area contributed by atoms with E-state index >= 15 is 0 Å². The number of benzene rings is 1. The molecule has 2 aliphatic rings. The maximum Gasteiger partial charge on any atom is 0.317 e. The lowest BCUT2D eigenvalue weighted by Crippen LogP contribution is -2.48. The first kappa shape index (κ1) is 27.5. The number of halogens is 3. The van der Waals surface area contributed by atoms with Crippen LogP contribution >= 0.6 is 34.8 Å². The quantitative estimate of drug-likeness (QED) is 0.316. The molecule has 1 aliphatic carbocycles. The first-order valence-corrected chi connectivity index (χ1v) is 14.1. The number of nitrogens with two attached hydrogens (primary N) is 1. The van der Waals surface area contributed by atoms with E-state index < -0.39 is 0 Å². The molecule has 1 saturated carbocycles. The van der Waals surface area contributed by atoms with Crippen LogP contribution < -0.4 is 21.7 Å². The van der Waals surface area contributed by atoms with E-state index in [1.54, 1.807) is 30.3 Å². The Labute approximate surface area is 240 Å². The van der Waals surface area contributed by atoms with Gasteiger partial charge in [0.25, 0.3) is 0 Å². The summed E-state index contributed by atoms with van der Waals surface area (Å²) < 4.78 is 2.03. The van der Waals surface area contributed by atoms with Crippen LogP contribution in [0.2, 0.25) is 15.1 Å². The fourth-order valence-corrected chi connectivity index (χ4v) is 6.32. The molecule has 0 bridgehead atoms. The van der Waals surface area contributed by atoms with Crippen molar-refractivity contribution < 1.29 is 9.59 Å². The zero-order valence-electron chi connectivity index (χ0n) is 21.4. The monoisotopic (exact) mass is 593 g/mol. The van der Waals surface area contributed by atoms with Gasteiger partial charge in [-0.15, -0.1) is 0 Å². The zero-order chi connectivity index (χ0) is 27.7. The molecule has 1 aromatic carbocycles. The van der Waals surface area contributed by atoms with E-state index in [1.165, 1.54) is 0 Å². The van der Waals surface area contributed by atoms with Crippen molar-refractivity contribution in [3.8, 4) is 0 Å². The van der Waals surface area contributed by atoms with E-state index in [1.807, 2.05) is 4.57 Å². The molecule has 2 aromatic heterocycles. The van der Waals surface area contributed by atoms with Crippen molar-refractivity contribution in [1.82, 2.24) is 29.7 Å². The average molecular weight is 595 g/mol. The highest BCUT2D eigenvalue weighted by Crippen LogP contribution is 2.40. The summed E-state index contributed by atoms with van der Waals surface area (Å²) in [4.78, 5) is 39.8. The molecule has 2 fully saturated rings. The third kappa shape index (κ3) is 5.95. The van der Waals surface area contributed by atoms with E-state index in [4.69, 9.17) is 50.5 Å². The van der Waals surface area contributed by atoms with Crippen molar-refractivity contribution >= 4 is 75.5 Å². The number of hydrogen-bond acceptors (Lipinski definition) is 7. The Balaban J connectivity index is 1.48. The second kappa shape index (κ2) is 11.6. The first-order chi connectivity index (χ1) is 18.7. The zero-order valence-corrected chi connectivity index (χ0v) is 23.7. The Morgan fingerprint density at radius 2 is 1.77 bits per heavy atom. The van der Waals surface area contributed by atoms with Crippen LogP contribution in [0.5, 0.6) is 0 Å². The lowest BCUT2D eigenvalue weighted by molar-refractivity contribution is -0.122. The van der Waals surface area contributed by atoms with Crippen LogP contribution in [-0.2, 0) is 4.79 Å². The van der Waals surface area contributed by atoms with Gasteiger partial charge in [0.15, 0.2) is 5.65 Å². The third-order valence-electron chi connectivity index (χ3n) is 7.40. The number of piperidine rings is 1. The highest BCUT2D eigenvalue weighted by atomic mass is 35.5. The number of amides is 3. The molecule has 1 saturated heterocycles. The van der Waals surface area contributed by atoms with E-state index in [9.17, 15) is 9.59 Å². The standard InChI is InChI=1S/C25H30Cl3N9O2/c1-30-25(39)36-8-2-3-15(12-36)32-23-31-11-19-22(35-23)37(16-6-4-13(5-7-16)21(29)38)24(33-19)34-20-17(27)9-14(26)10-18(20)28/h9-11,13,15-16H,2-8,12H2,1H3,(H2,29,38)(H,30,39)(H,33,34)(H,31,32,35)/t13-,15?,16+. The molecule has 39 heavy (non-hydrogen) atoms. The predicted molar refractivity (Wildman–Crippen MR) is 153 cm³/mol. The fourth-order valence-electron chi connectivity index (χ4n) is 5.41. The molecule has 3 aromatic rings. The maximum absolute atomic E-state index is 12.1. The lowest BCUT2D eigenvalue weighted by atomic mass is 9.85. The van der Waals surface area contributed by atoms with E-state index in [2.05, 4.69) is 20.9 Å². The van der Waals surface area contributed by atoms with Crippen LogP contribution in [0, 0.1) is 5.92 Å². The van der Waals surface area contributed by atoms with Crippen LogP contribution in [0.3, 0.4) is 0 Å². The molecule has 0 spiro atoms. The van der Waals surface area contributed by atoms with Crippen molar-refractivity contribution in [2.24, 2.45) is 11.7 Å². The number of nitrogens with one attached hydrogen (secondary N) is 3. The van der Waals surface area contributed by atoms with Gasteiger partial charge >= 0.3 is 6.03 Å². The second-order valence-corrected chi connectivity index (χ2v) is 11.2. The summed E-state index contributed by atoms with van der Waals surface area (Å²) in [7, 11) is 1.63. The number of urea groups is 1. The van der Waals surface area contributed by atoms with Gasteiger partial charge in [-0.25, -0.2) is 14.8 Å². The SMILES string of the molecule is CNC(=O)N1CCCC(Nc2ncc3nc(Nc4c(Cl)cc(Cl)cc4Cl)n([C@H]4CC[C@@H](C(N)=O)CC4)c3n2)C1. The molecule has 5 N–H and O–H groups in total. The second-order valence-electron chi connectivity index (χ2n) is 9.97. The molecule has 3 amide bonds. The van der Waals surface area contributed by atoms with Gasteiger partial charge in [0.05, 0.1) is 21.9 Å². The van der Waals surface area contributed by atoms with E-state index in [-0.39, 0.29) is 29.9 Å². The molecular weight excluding hydrogens is 565 g/mol. The first-order valence-electron chi connectivity index (χ1n) is 12.9. The van der Waals surface area contributed by atoms with Crippen molar-refractivity contribution in [1.29, 1.82) is 0 Å². The molecule has 0 radical (unpaired) electrons. The lowest BCUT2D eigenvalue weighted by Gasteiger charge is -2.32. The third-order valence-corrected chi connectivity index (χ3v) is 8.21. The van der Waals surface area contributed by atoms with Crippen molar-refractivity contribution in [3.63, 3.8) is 0 Å². The molecule has 1 unspecified atom stereocenters. The normalized spacial score (nSPS) is 21.5. The van der Waals surface area contributed by atoms with Gasteiger partial charge in [-0.3, -0.25) is 9.36 Å². The molecule has 1 aliphatic heterocycles. The van der Waals surface area contributed by atoms with E-state index in [0.29, 0.717) is 69.7 Å². The van der Waals surface area contributed by atoms with Gasteiger partial charge < -0.3 is 26.6 Å². The van der Waals surface area contributed by atoms with Crippen LogP contribution in [-0.4, -0.2) is 62.5 Å². The minimum atomic E-state index is -0.269. The number of likely N-dealkylation sites (tertiary alicyclic amines) is 1. The summed E-state index contributed by atoms with van der Waals surface area (Å²) in [6.45, 7) is 1.27. The summed E-state index contributed by atoms with van der Waals surface area (Å²) in [5, 5.41) is 10.5. The van der Waals surface area contributed by atoms with Crippen LogP contribution in [0.25, 0.3) is 11.2 Å². The van der Waals surface area contributed by atoms with Gasteiger partial charge in [0, 0.05) is 43.2 Å². The summed E-state index contributed by atoms with van der Waals surface area (Å²) >= 11 is 19.0. The highest BCUT2D eigenvalue weighted by molar-refractivity contribution is 6.41. The Morgan fingerprint density at radius 3 is 2.44 bits per heavy atom. The topological polar surface area (TPSA) is 143 Å².